The number of rotatable bonds is 7. The molecule has 0 radical (unpaired) electrons. The van der Waals surface area contributed by atoms with Gasteiger partial charge in [-0.05, 0) is 51.4 Å². The largest absolute Gasteiger partial charge is 0.347 e. The lowest BCUT2D eigenvalue weighted by Crippen LogP contribution is -2.30. The molecule has 0 saturated carbocycles. The summed E-state index contributed by atoms with van der Waals surface area (Å²) in [7, 11) is 2.00. The molecule has 0 saturated heterocycles. The Kier molecular flexibility index (Phi) is 6.11. The Labute approximate surface area is 167 Å². The van der Waals surface area contributed by atoms with Gasteiger partial charge in [0.25, 0.3) is 11.5 Å². The Morgan fingerprint density at radius 1 is 1.32 bits per heavy atom. The number of aromatic nitrogens is 3. The molecule has 1 unspecified atom stereocenters. The minimum atomic E-state index is -0.377. The standard InChI is InChI=1S/C20H25N5O2S/c1-12-18(13(2)24-23-12)14(3)25(4)11-15-7-8-17(20(27)22-15)19(26)21-10-16-6-5-9-28-16/h5-9,14H,10-11H2,1-4H3,(H,21,26)(H,22,27)(H,23,24). The van der Waals surface area contributed by atoms with E-state index < -0.39 is 0 Å². The molecule has 3 heterocycles. The van der Waals surface area contributed by atoms with Crippen LogP contribution in [0.4, 0.5) is 0 Å². The van der Waals surface area contributed by atoms with Gasteiger partial charge in [0.15, 0.2) is 0 Å². The molecule has 7 nitrogen and oxygen atoms in total. The maximum atomic E-state index is 12.4. The number of nitrogens with zero attached hydrogens (tertiary/aromatic N) is 2. The summed E-state index contributed by atoms with van der Waals surface area (Å²) in [5.41, 5.74) is 3.68. The summed E-state index contributed by atoms with van der Waals surface area (Å²) >= 11 is 1.56. The van der Waals surface area contributed by atoms with Gasteiger partial charge in [-0.25, -0.2) is 0 Å². The van der Waals surface area contributed by atoms with E-state index >= 15 is 0 Å². The normalized spacial score (nSPS) is 12.3. The first-order valence-electron chi connectivity index (χ1n) is 9.11. The second-order valence-corrected chi connectivity index (χ2v) is 7.96. The van der Waals surface area contributed by atoms with E-state index in [-0.39, 0.29) is 23.1 Å². The smallest absolute Gasteiger partial charge is 0.261 e. The number of carbonyl (C=O) groups excluding carboxylic acids is 1. The number of aryl methyl sites for hydroxylation is 2. The zero-order valence-electron chi connectivity index (χ0n) is 16.5. The second-order valence-electron chi connectivity index (χ2n) is 6.93. The van der Waals surface area contributed by atoms with Gasteiger partial charge in [0.05, 0.1) is 12.2 Å². The Morgan fingerprint density at radius 3 is 2.71 bits per heavy atom. The molecule has 148 valence electrons. The van der Waals surface area contributed by atoms with E-state index in [0.717, 1.165) is 27.5 Å². The number of hydrogen-bond donors (Lipinski definition) is 3. The third-order valence-corrected chi connectivity index (χ3v) is 5.78. The van der Waals surface area contributed by atoms with Crippen molar-refractivity contribution >= 4 is 17.2 Å². The molecule has 1 amide bonds. The molecular formula is C20H25N5O2S. The van der Waals surface area contributed by atoms with Gasteiger partial charge in [0.1, 0.15) is 5.56 Å². The van der Waals surface area contributed by atoms with Gasteiger partial charge in [-0.15, -0.1) is 11.3 Å². The van der Waals surface area contributed by atoms with Gasteiger partial charge >= 0.3 is 0 Å². The number of amides is 1. The highest BCUT2D eigenvalue weighted by Gasteiger charge is 2.19. The fraction of sp³-hybridized carbons (Fsp3) is 0.350. The molecule has 28 heavy (non-hydrogen) atoms. The fourth-order valence-corrected chi connectivity index (χ4v) is 3.91. The monoisotopic (exact) mass is 399 g/mol. The number of hydrogen-bond acceptors (Lipinski definition) is 5. The summed E-state index contributed by atoms with van der Waals surface area (Å²) in [4.78, 5) is 30.7. The topological polar surface area (TPSA) is 93.9 Å². The fourth-order valence-electron chi connectivity index (χ4n) is 3.26. The van der Waals surface area contributed by atoms with Crippen LogP contribution in [0.3, 0.4) is 0 Å². The molecule has 3 N–H and O–H groups in total. The van der Waals surface area contributed by atoms with Crippen molar-refractivity contribution in [2.75, 3.05) is 7.05 Å². The van der Waals surface area contributed by atoms with E-state index in [1.54, 1.807) is 23.5 Å². The van der Waals surface area contributed by atoms with Crippen LogP contribution in [0.15, 0.2) is 34.4 Å². The molecule has 1 atom stereocenters. The number of H-pyrrole nitrogens is 2. The third kappa shape index (κ3) is 4.40. The van der Waals surface area contributed by atoms with Gasteiger partial charge in [0, 0.05) is 34.4 Å². The zero-order valence-corrected chi connectivity index (χ0v) is 17.3. The number of thiophene rings is 1. The lowest BCUT2D eigenvalue weighted by molar-refractivity contribution is 0.0949. The van der Waals surface area contributed by atoms with Crippen LogP contribution in [0.2, 0.25) is 0 Å². The van der Waals surface area contributed by atoms with Crippen molar-refractivity contribution in [1.82, 2.24) is 25.4 Å². The van der Waals surface area contributed by atoms with Crippen LogP contribution in [0.25, 0.3) is 0 Å². The highest BCUT2D eigenvalue weighted by Crippen LogP contribution is 2.24. The number of carbonyl (C=O) groups is 1. The molecular weight excluding hydrogens is 374 g/mol. The summed E-state index contributed by atoms with van der Waals surface area (Å²) in [6, 6.07) is 7.39. The lowest BCUT2D eigenvalue weighted by atomic mass is 10.1. The number of nitrogens with one attached hydrogen (secondary N) is 3. The predicted octanol–water partition coefficient (Wildman–Crippen LogP) is 2.90. The Hall–Kier alpha value is -2.71. The van der Waals surface area contributed by atoms with Gasteiger partial charge in [0.2, 0.25) is 0 Å². The minimum absolute atomic E-state index is 0.123. The van der Waals surface area contributed by atoms with Crippen molar-refractivity contribution in [3.63, 3.8) is 0 Å². The molecule has 0 spiro atoms. The molecule has 8 heteroatoms. The summed E-state index contributed by atoms with van der Waals surface area (Å²) in [5.74, 6) is -0.368. The summed E-state index contributed by atoms with van der Waals surface area (Å²) in [6.45, 7) is 7.06. The Morgan fingerprint density at radius 2 is 2.11 bits per heavy atom. The van der Waals surface area contributed by atoms with Crippen molar-refractivity contribution in [1.29, 1.82) is 0 Å². The van der Waals surface area contributed by atoms with E-state index in [0.29, 0.717) is 13.1 Å². The third-order valence-electron chi connectivity index (χ3n) is 4.90. The van der Waals surface area contributed by atoms with Crippen LogP contribution in [0, 0.1) is 13.8 Å². The number of aromatic amines is 2. The van der Waals surface area contributed by atoms with Crippen molar-refractivity contribution in [3.05, 3.63) is 73.1 Å². The summed E-state index contributed by atoms with van der Waals surface area (Å²) < 4.78 is 0. The van der Waals surface area contributed by atoms with Crippen LogP contribution in [-0.4, -0.2) is 33.0 Å². The average Bonchev–Trinajstić information content (AvgIpc) is 3.29. The maximum absolute atomic E-state index is 12.4. The SMILES string of the molecule is Cc1n[nH]c(C)c1C(C)N(C)Cc1ccc(C(=O)NCc2cccs2)c(=O)[nH]1. The first-order valence-corrected chi connectivity index (χ1v) is 9.99. The number of pyridine rings is 1. The molecule has 0 bridgehead atoms. The maximum Gasteiger partial charge on any atom is 0.261 e. The van der Waals surface area contributed by atoms with Crippen LogP contribution in [-0.2, 0) is 13.1 Å². The van der Waals surface area contributed by atoms with Crippen LogP contribution in [0.1, 0.15) is 50.8 Å². The molecule has 0 aliphatic heterocycles. The van der Waals surface area contributed by atoms with E-state index in [1.165, 1.54) is 0 Å². The minimum Gasteiger partial charge on any atom is -0.347 e. The van der Waals surface area contributed by atoms with Crippen molar-refractivity contribution in [3.8, 4) is 0 Å². The lowest BCUT2D eigenvalue weighted by Gasteiger charge is -2.25. The average molecular weight is 400 g/mol. The predicted molar refractivity (Wildman–Crippen MR) is 110 cm³/mol. The highest BCUT2D eigenvalue weighted by molar-refractivity contribution is 7.09. The molecule has 0 aromatic carbocycles. The van der Waals surface area contributed by atoms with Crippen LogP contribution < -0.4 is 10.9 Å². The Balaban J connectivity index is 1.66. The van der Waals surface area contributed by atoms with E-state index in [4.69, 9.17) is 0 Å². The quantitative estimate of drug-likeness (QED) is 0.569. The van der Waals surface area contributed by atoms with Gasteiger partial charge in [-0.3, -0.25) is 19.6 Å². The van der Waals surface area contributed by atoms with Gasteiger partial charge in [-0.1, -0.05) is 6.07 Å². The first kappa shape index (κ1) is 20.0. The summed E-state index contributed by atoms with van der Waals surface area (Å²) in [5, 5.41) is 12.0. The van der Waals surface area contributed by atoms with E-state index in [9.17, 15) is 9.59 Å². The molecule has 0 aliphatic rings. The molecule has 0 fully saturated rings. The summed E-state index contributed by atoms with van der Waals surface area (Å²) in [6.07, 6.45) is 0. The zero-order chi connectivity index (χ0) is 20.3. The van der Waals surface area contributed by atoms with Crippen LogP contribution in [0.5, 0.6) is 0 Å². The van der Waals surface area contributed by atoms with E-state index in [1.807, 2.05) is 38.4 Å². The molecule has 3 aromatic rings. The first-order chi connectivity index (χ1) is 13.4. The Bertz CT molecular complexity index is 987. The van der Waals surface area contributed by atoms with Gasteiger partial charge < -0.3 is 10.3 Å². The van der Waals surface area contributed by atoms with Crippen molar-refractivity contribution in [2.24, 2.45) is 0 Å². The van der Waals surface area contributed by atoms with E-state index in [2.05, 4.69) is 32.3 Å². The van der Waals surface area contributed by atoms with Crippen molar-refractivity contribution < 1.29 is 4.79 Å². The van der Waals surface area contributed by atoms with Gasteiger partial charge in [-0.2, -0.15) is 5.10 Å². The molecule has 3 rings (SSSR count). The van der Waals surface area contributed by atoms with Crippen molar-refractivity contribution in [2.45, 2.75) is 39.9 Å². The van der Waals surface area contributed by atoms with Crippen LogP contribution >= 0.6 is 11.3 Å². The molecule has 0 aliphatic carbocycles. The molecule has 3 aromatic heterocycles. The second kappa shape index (κ2) is 8.53. The highest BCUT2D eigenvalue weighted by atomic mass is 32.1.